The van der Waals surface area contributed by atoms with Crippen LogP contribution in [0.15, 0.2) is 54.9 Å². The van der Waals surface area contributed by atoms with E-state index in [0.29, 0.717) is 18.0 Å². The summed E-state index contributed by atoms with van der Waals surface area (Å²) < 4.78 is 5.27. The molecular formula is C20H19N3OS. The van der Waals surface area contributed by atoms with Crippen molar-refractivity contribution in [1.29, 1.82) is 0 Å². The number of fused-ring (bicyclic) bond motifs is 3. The first-order chi connectivity index (χ1) is 12.3. The summed E-state index contributed by atoms with van der Waals surface area (Å²) in [6, 6.07) is 15.6. The third-order valence-electron chi connectivity index (χ3n) is 5.27. The molecule has 3 atom stereocenters. The smallest absolute Gasteiger partial charge is 0.118 e. The summed E-state index contributed by atoms with van der Waals surface area (Å²) in [5, 5.41) is 0. The van der Waals surface area contributed by atoms with Gasteiger partial charge in [-0.3, -0.25) is 4.98 Å². The van der Waals surface area contributed by atoms with Crippen molar-refractivity contribution in [3.05, 3.63) is 70.9 Å². The van der Waals surface area contributed by atoms with Gasteiger partial charge in [-0.2, -0.15) is 0 Å². The van der Waals surface area contributed by atoms with Gasteiger partial charge in [0.1, 0.15) is 5.75 Å². The van der Waals surface area contributed by atoms with Gasteiger partial charge in [0.25, 0.3) is 0 Å². The van der Waals surface area contributed by atoms with Crippen molar-refractivity contribution in [2.75, 3.05) is 7.11 Å². The summed E-state index contributed by atoms with van der Waals surface area (Å²) in [4.78, 5) is 7.06. The van der Waals surface area contributed by atoms with Gasteiger partial charge in [0.2, 0.25) is 0 Å². The molecule has 1 aliphatic heterocycles. The maximum Gasteiger partial charge on any atom is 0.118 e. The van der Waals surface area contributed by atoms with Gasteiger partial charge >= 0.3 is 0 Å². The van der Waals surface area contributed by atoms with Crippen LogP contribution in [0.1, 0.15) is 28.1 Å². The van der Waals surface area contributed by atoms with Crippen molar-refractivity contribution in [2.45, 2.75) is 18.5 Å². The summed E-state index contributed by atoms with van der Waals surface area (Å²) in [7, 11) is 1.70. The molecule has 0 spiro atoms. The van der Waals surface area contributed by atoms with Crippen LogP contribution in [0.4, 0.5) is 0 Å². The number of thiophene rings is 1. The molecule has 126 valence electrons. The Hall–Kier alpha value is -2.21. The lowest BCUT2D eigenvalue weighted by molar-refractivity contribution is 0.413. The van der Waals surface area contributed by atoms with Crippen molar-refractivity contribution >= 4 is 11.3 Å². The number of pyridine rings is 1. The zero-order chi connectivity index (χ0) is 16.8. The largest absolute Gasteiger partial charge is 0.497 e. The molecule has 2 N–H and O–H groups in total. The highest BCUT2D eigenvalue weighted by atomic mass is 32.1. The highest BCUT2D eigenvalue weighted by molar-refractivity contribution is 7.15. The van der Waals surface area contributed by atoms with Gasteiger partial charge in [0.15, 0.2) is 0 Å². The van der Waals surface area contributed by atoms with Gasteiger partial charge < -0.3 is 4.74 Å². The zero-order valence-corrected chi connectivity index (χ0v) is 14.7. The van der Waals surface area contributed by atoms with E-state index in [-0.39, 0.29) is 0 Å². The Kier molecular flexibility index (Phi) is 3.59. The molecule has 5 heteroatoms. The monoisotopic (exact) mass is 349 g/mol. The molecule has 2 aliphatic rings. The third kappa shape index (κ3) is 2.47. The Balaban J connectivity index is 1.41. The molecule has 5 rings (SSSR count). The first-order valence-corrected chi connectivity index (χ1v) is 9.33. The number of hydrazine groups is 1. The summed E-state index contributed by atoms with van der Waals surface area (Å²) in [6.45, 7) is 0. The van der Waals surface area contributed by atoms with Gasteiger partial charge in [-0.1, -0.05) is 18.2 Å². The second kappa shape index (κ2) is 5.95. The first kappa shape index (κ1) is 15.1. The molecule has 25 heavy (non-hydrogen) atoms. The van der Waals surface area contributed by atoms with E-state index in [9.17, 15) is 0 Å². The predicted molar refractivity (Wildman–Crippen MR) is 99.5 cm³/mol. The summed E-state index contributed by atoms with van der Waals surface area (Å²) >= 11 is 1.91. The minimum Gasteiger partial charge on any atom is -0.497 e. The third-order valence-corrected chi connectivity index (χ3v) is 6.49. The highest BCUT2D eigenvalue weighted by Gasteiger charge is 2.44. The Labute approximate surface area is 150 Å². The van der Waals surface area contributed by atoms with Crippen LogP contribution in [-0.2, 0) is 6.42 Å². The Morgan fingerprint density at radius 2 is 1.96 bits per heavy atom. The number of nitrogens with zero attached hydrogens (tertiary/aromatic N) is 1. The normalized spacial score (nSPS) is 24.1. The van der Waals surface area contributed by atoms with Crippen LogP contribution in [0.5, 0.6) is 5.75 Å². The number of benzene rings is 1. The van der Waals surface area contributed by atoms with E-state index in [2.05, 4.69) is 40.1 Å². The Morgan fingerprint density at radius 1 is 1.12 bits per heavy atom. The first-order valence-electron chi connectivity index (χ1n) is 8.51. The summed E-state index contributed by atoms with van der Waals surface area (Å²) in [6.07, 6.45) is 4.88. The molecule has 0 amide bonds. The summed E-state index contributed by atoms with van der Waals surface area (Å²) in [5.41, 5.74) is 11.0. The van der Waals surface area contributed by atoms with E-state index >= 15 is 0 Å². The quantitative estimate of drug-likeness (QED) is 0.753. The van der Waals surface area contributed by atoms with Crippen molar-refractivity contribution in [3.63, 3.8) is 0 Å². The average Bonchev–Trinajstić information content (AvgIpc) is 3.33. The molecule has 3 unspecified atom stereocenters. The number of methoxy groups -OCH3 is 1. The number of rotatable bonds is 3. The number of hydrogen-bond donors (Lipinski definition) is 2. The van der Waals surface area contributed by atoms with Crippen LogP contribution in [0.25, 0.3) is 10.4 Å². The van der Waals surface area contributed by atoms with Gasteiger partial charge in [-0.05, 0) is 41.8 Å². The fraction of sp³-hybridized carbons (Fsp3) is 0.250. The van der Waals surface area contributed by atoms with Gasteiger partial charge in [-0.25, -0.2) is 10.9 Å². The lowest BCUT2D eigenvalue weighted by atomic mass is 9.90. The van der Waals surface area contributed by atoms with E-state index in [4.69, 9.17) is 4.74 Å². The number of aromatic nitrogens is 1. The van der Waals surface area contributed by atoms with Crippen molar-refractivity contribution in [1.82, 2.24) is 15.8 Å². The Bertz CT molecular complexity index is 891. The molecule has 1 saturated heterocycles. The molecule has 3 aromatic rings. The van der Waals surface area contributed by atoms with Crippen molar-refractivity contribution in [3.8, 4) is 16.2 Å². The van der Waals surface area contributed by atoms with Crippen LogP contribution in [-0.4, -0.2) is 12.1 Å². The molecule has 1 aliphatic carbocycles. The fourth-order valence-electron chi connectivity index (χ4n) is 4.00. The highest BCUT2D eigenvalue weighted by Crippen LogP contribution is 2.50. The van der Waals surface area contributed by atoms with E-state index in [1.165, 1.54) is 26.4 Å². The predicted octanol–water partition coefficient (Wildman–Crippen LogP) is 3.88. The minimum absolute atomic E-state index is 0.331. The van der Waals surface area contributed by atoms with Crippen LogP contribution >= 0.6 is 11.3 Å². The van der Waals surface area contributed by atoms with Gasteiger partial charge in [0.05, 0.1) is 19.2 Å². The SMILES string of the molecule is COc1ccc(C2NNC3c4cc(-c5cccnc5)sc4CC23)cc1. The van der Waals surface area contributed by atoms with Crippen LogP contribution in [0.3, 0.4) is 0 Å². The summed E-state index contributed by atoms with van der Waals surface area (Å²) in [5.74, 6) is 1.45. The maximum atomic E-state index is 5.27. The number of nitrogens with one attached hydrogen (secondary N) is 2. The van der Waals surface area contributed by atoms with E-state index in [1.54, 1.807) is 7.11 Å². The van der Waals surface area contributed by atoms with Gasteiger partial charge in [-0.15, -0.1) is 11.3 Å². The zero-order valence-electron chi connectivity index (χ0n) is 13.9. The standard InChI is InChI=1S/C20H19N3OS/c1-24-14-6-4-12(5-7-14)19-16-10-18-15(20(16)23-22-19)9-17(25-18)13-3-2-8-21-11-13/h2-9,11,16,19-20,22-23H,10H2,1H3. The lowest BCUT2D eigenvalue weighted by Gasteiger charge is -2.17. The minimum atomic E-state index is 0.331. The molecule has 0 saturated carbocycles. The maximum absolute atomic E-state index is 5.27. The molecular weight excluding hydrogens is 330 g/mol. The van der Waals surface area contributed by atoms with E-state index in [1.807, 2.05) is 41.9 Å². The molecule has 4 nitrogen and oxygen atoms in total. The van der Waals surface area contributed by atoms with Crippen molar-refractivity contribution < 1.29 is 4.74 Å². The fourth-order valence-corrected chi connectivity index (χ4v) is 5.27. The average molecular weight is 349 g/mol. The molecule has 0 radical (unpaired) electrons. The Morgan fingerprint density at radius 3 is 2.72 bits per heavy atom. The van der Waals surface area contributed by atoms with Crippen LogP contribution in [0, 0.1) is 5.92 Å². The number of ether oxygens (including phenoxy) is 1. The van der Waals surface area contributed by atoms with E-state index < -0.39 is 0 Å². The van der Waals surface area contributed by atoms with Gasteiger partial charge in [0, 0.05) is 33.6 Å². The molecule has 2 aromatic heterocycles. The van der Waals surface area contributed by atoms with E-state index in [0.717, 1.165) is 12.2 Å². The van der Waals surface area contributed by atoms with Crippen molar-refractivity contribution in [2.24, 2.45) is 5.92 Å². The molecule has 1 fully saturated rings. The topological polar surface area (TPSA) is 46.2 Å². The molecule has 0 bridgehead atoms. The van der Waals surface area contributed by atoms with Crippen LogP contribution < -0.4 is 15.6 Å². The lowest BCUT2D eigenvalue weighted by Crippen LogP contribution is -2.27. The number of hydrogen-bond acceptors (Lipinski definition) is 5. The second-order valence-corrected chi connectivity index (χ2v) is 7.75. The second-order valence-electron chi connectivity index (χ2n) is 6.62. The van der Waals surface area contributed by atoms with Crippen LogP contribution in [0.2, 0.25) is 0 Å². The molecule has 3 heterocycles. The molecule has 1 aromatic carbocycles.